The minimum Gasteiger partial charge on any atom is -0.504 e. The molecule has 0 aromatic heterocycles. The van der Waals surface area contributed by atoms with Gasteiger partial charge < -0.3 is 41.4 Å². The molecule has 0 saturated carbocycles. The molecule has 0 spiro atoms. The van der Waals surface area contributed by atoms with Crippen molar-refractivity contribution in [3.05, 3.63) is 23.8 Å². The summed E-state index contributed by atoms with van der Waals surface area (Å²) in [6, 6.07) is 5.73. The zero-order chi connectivity index (χ0) is 29.8. The average Bonchev–Trinajstić information content (AvgIpc) is 2.95. The van der Waals surface area contributed by atoms with Gasteiger partial charge in [0.2, 0.25) is 0 Å². The number of likely N-dealkylation sites (N-methyl/N-ethyl adjacent to an activating group) is 1. The number of nitrogens with zero attached hydrogens (tertiary/aromatic N) is 1. The van der Waals surface area contributed by atoms with Crippen LogP contribution in [0.3, 0.4) is 0 Å². The molecule has 0 radical (unpaired) electrons. The maximum atomic E-state index is 12.1. The Kier molecular flexibility index (Phi) is 12.6. The topological polar surface area (TPSA) is 150 Å². The fourth-order valence-electron chi connectivity index (χ4n) is 5.75. The number of hydrogen-bond donors (Lipinski definition) is 6. The molecule has 0 amide bonds. The molecule has 1 aliphatic carbocycles. The molecule has 7 N–H and O–H groups in total. The van der Waals surface area contributed by atoms with Gasteiger partial charge in [-0.3, -0.25) is 9.79 Å². The highest BCUT2D eigenvalue weighted by atomic mass is 16.5. The van der Waals surface area contributed by atoms with Crippen LogP contribution < -0.4 is 26.4 Å². The number of aliphatic hydroxyl groups excluding tert-OH is 1. The van der Waals surface area contributed by atoms with Crippen molar-refractivity contribution in [2.75, 3.05) is 33.7 Å². The van der Waals surface area contributed by atoms with Crippen molar-refractivity contribution in [1.29, 1.82) is 0 Å². The van der Waals surface area contributed by atoms with Gasteiger partial charge in [0.05, 0.1) is 6.10 Å². The number of hydrogen-bond acceptors (Lipinski definition) is 8. The number of phenolic OH excluding ortho intramolecular Hbond substituents is 1. The van der Waals surface area contributed by atoms with E-state index in [9.17, 15) is 15.0 Å². The second-order valence-electron chi connectivity index (χ2n) is 11.4. The van der Waals surface area contributed by atoms with E-state index in [1.165, 1.54) is 6.92 Å². The third kappa shape index (κ3) is 10.1. The molecular weight excluding hydrogens is 522 g/mol. The summed E-state index contributed by atoms with van der Waals surface area (Å²) in [6.07, 6.45) is 3.95. The fourth-order valence-corrected chi connectivity index (χ4v) is 5.75. The number of aliphatic imine (C=N–C) groups is 1. The largest absolute Gasteiger partial charge is 0.504 e. The Bertz CT molecular complexity index is 1080. The predicted molar refractivity (Wildman–Crippen MR) is 161 cm³/mol. The molecule has 1 fully saturated rings. The summed E-state index contributed by atoms with van der Waals surface area (Å²) in [6.45, 7) is 5.74. The van der Waals surface area contributed by atoms with E-state index in [0.717, 1.165) is 37.9 Å². The molecule has 1 saturated heterocycles. The first kappa shape index (κ1) is 32.5. The van der Waals surface area contributed by atoms with Crippen molar-refractivity contribution in [3.8, 4) is 23.3 Å². The Morgan fingerprint density at radius 2 is 2.12 bits per heavy atom. The molecule has 1 aliphatic heterocycles. The van der Waals surface area contributed by atoms with Crippen molar-refractivity contribution in [2.45, 2.75) is 89.6 Å². The Morgan fingerprint density at radius 3 is 2.83 bits per heavy atom. The Balaban J connectivity index is 1.84. The van der Waals surface area contributed by atoms with E-state index in [1.807, 2.05) is 19.2 Å². The van der Waals surface area contributed by atoms with E-state index in [2.05, 4.69) is 39.7 Å². The van der Waals surface area contributed by atoms with Crippen LogP contribution in [-0.4, -0.2) is 80.2 Å². The van der Waals surface area contributed by atoms with Crippen molar-refractivity contribution < 1.29 is 24.5 Å². The smallest absolute Gasteiger partial charge is 0.302 e. The fraction of sp³-hybridized carbons (Fsp3) is 0.677. The molecular formula is C31H49N5O5. The van der Waals surface area contributed by atoms with Crippen LogP contribution in [0.5, 0.6) is 11.5 Å². The summed E-state index contributed by atoms with van der Waals surface area (Å²) in [4.78, 5) is 16.0. The Morgan fingerprint density at radius 1 is 1.32 bits per heavy atom. The maximum Gasteiger partial charge on any atom is 0.302 e. The number of nitrogens with two attached hydrogens (primary N) is 1. The summed E-state index contributed by atoms with van der Waals surface area (Å²) in [5.41, 5.74) is 6.47. The second kappa shape index (κ2) is 15.9. The molecule has 0 bridgehead atoms. The molecule has 10 heteroatoms. The van der Waals surface area contributed by atoms with E-state index < -0.39 is 12.2 Å². The number of aromatic hydroxyl groups is 1. The van der Waals surface area contributed by atoms with E-state index >= 15 is 0 Å². The van der Waals surface area contributed by atoms with Gasteiger partial charge in [-0.15, -0.1) is 5.92 Å². The third-order valence-electron chi connectivity index (χ3n) is 8.26. The van der Waals surface area contributed by atoms with Crippen LogP contribution in [0.2, 0.25) is 0 Å². The lowest BCUT2D eigenvalue weighted by Gasteiger charge is -2.33. The van der Waals surface area contributed by atoms with Gasteiger partial charge in [0.25, 0.3) is 0 Å². The molecule has 228 valence electrons. The van der Waals surface area contributed by atoms with Gasteiger partial charge in [-0.2, -0.15) is 0 Å². The van der Waals surface area contributed by atoms with Crippen molar-refractivity contribution in [3.63, 3.8) is 0 Å². The maximum absolute atomic E-state index is 12.1. The van der Waals surface area contributed by atoms with Gasteiger partial charge in [-0.25, -0.2) is 0 Å². The van der Waals surface area contributed by atoms with E-state index in [0.29, 0.717) is 56.4 Å². The second-order valence-corrected chi connectivity index (χ2v) is 11.4. The Labute approximate surface area is 244 Å². The van der Waals surface area contributed by atoms with Crippen LogP contribution >= 0.6 is 0 Å². The number of benzene rings is 1. The zero-order valence-corrected chi connectivity index (χ0v) is 25.0. The highest BCUT2D eigenvalue weighted by Crippen LogP contribution is 2.34. The molecule has 0 unspecified atom stereocenters. The minimum atomic E-state index is -0.644. The number of aliphatic hydroxyl groups is 1. The van der Waals surface area contributed by atoms with E-state index in [4.69, 9.17) is 15.2 Å². The highest BCUT2D eigenvalue weighted by molar-refractivity contribution is 5.77. The van der Waals surface area contributed by atoms with Crippen LogP contribution in [0.1, 0.15) is 64.4 Å². The van der Waals surface area contributed by atoms with Gasteiger partial charge in [0, 0.05) is 63.7 Å². The quantitative estimate of drug-likeness (QED) is 0.107. The van der Waals surface area contributed by atoms with E-state index in [-0.39, 0.29) is 29.2 Å². The number of ether oxygens (including phenoxy) is 2. The molecule has 1 aromatic rings. The van der Waals surface area contributed by atoms with Gasteiger partial charge in [0.15, 0.2) is 17.5 Å². The predicted octanol–water partition coefficient (Wildman–Crippen LogP) is 2.07. The van der Waals surface area contributed by atoms with Gasteiger partial charge in [0.1, 0.15) is 12.2 Å². The molecule has 2 aliphatic rings. The first-order chi connectivity index (χ1) is 19.7. The van der Waals surface area contributed by atoms with Gasteiger partial charge in [-0.1, -0.05) is 18.9 Å². The Hall–Kier alpha value is -3.00. The number of esters is 1. The van der Waals surface area contributed by atoms with Crippen LogP contribution in [-0.2, 0) is 16.0 Å². The SMILES string of the molecule is CC[C@]1(CNC(N)=NC)C#CC[C@H](Cc2ccc(O)c(O[C@@H]3CCN[C@H](CNC)C3)c2)[C@@H](OC(C)=O)C[C@@H](O)CC1. The summed E-state index contributed by atoms with van der Waals surface area (Å²) in [5, 5.41) is 31.4. The number of carbonyl (C=O) groups is 1. The summed E-state index contributed by atoms with van der Waals surface area (Å²) >= 11 is 0. The van der Waals surface area contributed by atoms with Crippen LogP contribution in [0, 0.1) is 23.2 Å². The lowest BCUT2D eigenvalue weighted by Crippen LogP contribution is -2.46. The zero-order valence-electron chi connectivity index (χ0n) is 25.0. The normalized spacial score (nSPS) is 29.1. The number of nitrogens with one attached hydrogen (secondary N) is 3. The first-order valence-corrected chi connectivity index (χ1v) is 14.8. The average molecular weight is 572 g/mol. The lowest BCUT2D eigenvalue weighted by atomic mass is 9.77. The number of guanidine groups is 1. The van der Waals surface area contributed by atoms with Crippen LogP contribution in [0.4, 0.5) is 0 Å². The first-order valence-electron chi connectivity index (χ1n) is 14.8. The van der Waals surface area contributed by atoms with Crippen LogP contribution in [0.25, 0.3) is 0 Å². The number of piperidine rings is 1. The molecule has 1 heterocycles. The van der Waals surface area contributed by atoms with Crippen LogP contribution in [0.15, 0.2) is 23.2 Å². The molecule has 10 nitrogen and oxygen atoms in total. The summed E-state index contributed by atoms with van der Waals surface area (Å²) in [5.74, 6) is 7.27. The molecule has 3 rings (SSSR count). The summed E-state index contributed by atoms with van der Waals surface area (Å²) < 4.78 is 12.0. The van der Waals surface area contributed by atoms with Gasteiger partial charge >= 0.3 is 5.97 Å². The summed E-state index contributed by atoms with van der Waals surface area (Å²) in [7, 11) is 3.57. The van der Waals surface area contributed by atoms with E-state index in [1.54, 1.807) is 13.1 Å². The highest BCUT2D eigenvalue weighted by Gasteiger charge is 2.32. The molecule has 1 aromatic carbocycles. The van der Waals surface area contributed by atoms with Crippen molar-refractivity contribution in [2.24, 2.45) is 22.1 Å². The monoisotopic (exact) mass is 571 g/mol. The number of phenols is 1. The number of rotatable bonds is 10. The minimum absolute atomic E-state index is 0.00165. The molecule has 41 heavy (non-hydrogen) atoms. The third-order valence-corrected chi connectivity index (χ3v) is 8.26. The van der Waals surface area contributed by atoms with Crippen molar-refractivity contribution in [1.82, 2.24) is 16.0 Å². The standard InChI is InChI=1S/C31H49N5O5/c1-5-31(20-36-30(32)34-4)12-6-7-23(28(40-21(2)37)18-25(38)10-13-31)15-22-8-9-27(39)29(16-22)41-26-11-14-35-24(17-26)19-33-3/h8-9,16,23-26,28,33,35,38-39H,5,7,10-11,13-15,17-20H2,1-4H3,(H3,32,34,36)/t23-,24+,25+,26-,28+,31+/m1/s1. The lowest BCUT2D eigenvalue weighted by molar-refractivity contribution is -0.151. The van der Waals surface area contributed by atoms with Gasteiger partial charge in [-0.05, 0) is 63.4 Å². The number of carbonyl (C=O) groups excluding carboxylic acids is 1. The molecule has 6 atom stereocenters. The van der Waals surface area contributed by atoms with Crippen molar-refractivity contribution >= 4 is 11.9 Å².